The number of carbonyl (C=O) groups is 2. The minimum Gasteiger partial charge on any atom is -0.543 e. The molecule has 10 heteroatoms. The van der Waals surface area contributed by atoms with E-state index < -0.39 is 28.9 Å². The van der Waals surface area contributed by atoms with Crippen molar-refractivity contribution in [2.45, 2.75) is 6.42 Å². The number of carboxylic acids is 2. The number of nitrogens with zero attached hydrogens (tertiary/aromatic N) is 1. The maximum Gasteiger partial charge on any atom is 0.326 e. The zero-order valence-electron chi connectivity index (χ0n) is 11.9. The number of hydrogen-bond acceptors (Lipinski definition) is 6. The number of hydrogen-bond donors (Lipinski definition) is 4. The van der Waals surface area contributed by atoms with Crippen LogP contribution in [0.25, 0.3) is 0 Å². The second-order valence-corrected chi connectivity index (χ2v) is 4.85. The number of nitrogens with one attached hydrogen (secondary N) is 3. The van der Waals surface area contributed by atoms with Crippen LogP contribution < -0.4 is 21.8 Å². The van der Waals surface area contributed by atoms with Crippen LogP contribution in [-0.2, 0) is 4.79 Å². The number of aromatic amines is 2. The summed E-state index contributed by atoms with van der Waals surface area (Å²) in [5, 5.41) is 18.3. The van der Waals surface area contributed by atoms with Gasteiger partial charge in [-0.2, -0.15) is 5.43 Å². The first-order valence-electron chi connectivity index (χ1n) is 5.84. The molecular weight excluding hydrogens is 284 g/mol. The molecule has 0 amide bonds. The van der Waals surface area contributed by atoms with Gasteiger partial charge in [0.25, 0.3) is 5.56 Å². The van der Waals surface area contributed by atoms with E-state index in [1.165, 1.54) is 0 Å². The van der Waals surface area contributed by atoms with Gasteiger partial charge in [-0.15, -0.1) is 0 Å². The molecule has 0 bridgehead atoms. The smallest absolute Gasteiger partial charge is 0.326 e. The Labute approximate surface area is 119 Å². The van der Waals surface area contributed by atoms with Gasteiger partial charge in [0.05, 0.1) is 45.8 Å². The first kappa shape index (κ1) is 18.5. The molecule has 0 aliphatic carbocycles. The quantitative estimate of drug-likeness (QED) is 0.336. The van der Waals surface area contributed by atoms with Crippen molar-refractivity contribution in [2.24, 2.45) is 0 Å². The number of aliphatic carboxylic acids is 1. The first-order valence-corrected chi connectivity index (χ1v) is 5.84. The maximum atomic E-state index is 10.4. The highest BCUT2D eigenvalue weighted by Crippen LogP contribution is 1.82. The van der Waals surface area contributed by atoms with Crippen molar-refractivity contribution in [3.63, 3.8) is 0 Å². The molecule has 1 aromatic heterocycles. The molecule has 1 rings (SSSR count). The van der Waals surface area contributed by atoms with E-state index in [-0.39, 0.29) is 6.42 Å². The van der Waals surface area contributed by atoms with Crippen molar-refractivity contribution in [1.82, 2.24) is 15.4 Å². The van der Waals surface area contributed by atoms with Gasteiger partial charge >= 0.3 is 11.7 Å². The lowest BCUT2D eigenvalue weighted by Crippen LogP contribution is -2.48. The van der Waals surface area contributed by atoms with E-state index in [1.807, 2.05) is 31.1 Å². The minimum atomic E-state index is -1.59. The fourth-order valence-electron chi connectivity index (χ4n) is 1.08. The van der Waals surface area contributed by atoms with E-state index in [4.69, 9.17) is 5.11 Å². The predicted octanol–water partition coefficient (Wildman–Crippen LogP) is -2.90. The van der Waals surface area contributed by atoms with Gasteiger partial charge in [-0.1, -0.05) is 0 Å². The fraction of sp³-hybridized carbons (Fsp3) is 0.455. The third-order valence-electron chi connectivity index (χ3n) is 1.91. The molecule has 0 unspecified atom stereocenters. The second kappa shape index (κ2) is 7.97. The van der Waals surface area contributed by atoms with Crippen molar-refractivity contribution in [3.05, 3.63) is 32.6 Å². The molecule has 1 heterocycles. The van der Waals surface area contributed by atoms with Gasteiger partial charge in [0, 0.05) is 6.07 Å². The Balaban J connectivity index is 0.000000384. The molecule has 0 atom stereocenters. The zero-order chi connectivity index (χ0) is 16.6. The van der Waals surface area contributed by atoms with Crippen LogP contribution in [0.5, 0.6) is 0 Å². The highest BCUT2D eigenvalue weighted by Gasteiger charge is 2.05. The summed E-state index contributed by atoms with van der Waals surface area (Å²) in [6, 6.07) is 0.733. The number of rotatable bonds is 5. The molecule has 0 saturated heterocycles. The third-order valence-corrected chi connectivity index (χ3v) is 1.91. The fourth-order valence-corrected chi connectivity index (χ4v) is 1.08. The van der Waals surface area contributed by atoms with Crippen LogP contribution in [0, 0.1) is 0 Å². The summed E-state index contributed by atoms with van der Waals surface area (Å²) >= 11 is 0. The zero-order valence-corrected chi connectivity index (χ0v) is 11.9. The van der Waals surface area contributed by atoms with Gasteiger partial charge in [0.15, 0.2) is 0 Å². The summed E-state index contributed by atoms with van der Waals surface area (Å²) < 4.78 is 0.591. The molecule has 21 heavy (non-hydrogen) atoms. The average Bonchev–Trinajstić information content (AvgIpc) is 2.25. The van der Waals surface area contributed by atoms with Crippen LogP contribution in [-0.4, -0.2) is 59.3 Å². The van der Waals surface area contributed by atoms with Crippen LogP contribution in [0.4, 0.5) is 0 Å². The number of carboxylic acid groups (broad SMARTS) is 2. The third kappa shape index (κ3) is 10.0. The molecule has 0 aromatic carbocycles. The lowest BCUT2D eigenvalue weighted by Gasteiger charge is -2.23. The molecule has 4 N–H and O–H groups in total. The Morgan fingerprint density at radius 3 is 2.24 bits per heavy atom. The van der Waals surface area contributed by atoms with Gasteiger partial charge in [-0.25, -0.2) is 4.79 Å². The molecule has 0 fully saturated rings. The summed E-state index contributed by atoms with van der Waals surface area (Å²) in [5.41, 5.74) is 0.846. The topological polar surface area (TPSA) is 155 Å². The predicted molar refractivity (Wildman–Crippen MR) is 70.3 cm³/mol. The van der Waals surface area contributed by atoms with Crippen LogP contribution in [0.2, 0.25) is 0 Å². The maximum absolute atomic E-state index is 10.4. The van der Waals surface area contributed by atoms with Crippen molar-refractivity contribution in [3.8, 4) is 0 Å². The Kier molecular flexibility index (Phi) is 7.03. The van der Waals surface area contributed by atoms with Gasteiger partial charge < -0.3 is 20.0 Å². The molecule has 0 saturated carbocycles. The van der Waals surface area contributed by atoms with Gasteiger partial charge in [-0.05, 0) is 0 Å². The van der Waals surface area contributed by atoms with Gasteiger partial charge in [0.1, 0.15) is 0 Å². The molecule has 118 valence electrons. The number of aromatic carboxylic acids is 1. The van der Waals surface area contributed by atoms with Crippen molar-refractivity contribution in [2.75, 3.05) is 27.7 Å². The number of carbonyl (C=O) groups excluding carboxylic acids is 1. The largest absolute Gasteiger partial charge is 0.543 e. The van der Waals surface area contributed by atoms with Crippen molar-refractivity contribution < 1.29 is 24.4 Å². The number of aromatic nitrogens is 2. The standard InChI is InChI=1S/C6H14N2O2.C5H4N2O4/c1-8(2,3)7-5-4-6(9)10;8-3-1-2(4(9)10)6-5(11)7-3/h7H,4-5H2,1-3H3;1H,(H,9,10)(H2,6,7,8,11). The summed E-state index contributed by atoms with van der Waals surface area (Å²) in [5.74, 6) is -2.35. The summed E-state index contributed by atoms with van der Waals surface area (Å²) in [6.45, 7) is 0.513. The lowest BCUT2D eigenvalue weighted by molar-refractivity contribution is -0.915. The molecule has 0 radical (unpaired) electrons. The van der Waals surface area contributed by atoms with E-state index in [0.29, 0.717) is 11.1 Å². The number of H-pyrrole nitrogens is 2. The van der Waals surface area contributed by atoms with Crippen molar-refractivity contribution >= 4 is 11.9 Å². The summed E-state index contributed by atoms with van der Waals surface area (Å²) in [4.78, 5) is 44.7. The Morgan fingerprint density at radius 2 is 1.86 bits per heavy atom. The highest BCUT2D eigenvalue weighted by molar-refractivity contribution is 5.82. The molecule has 10 nitrogen and oxygen atoms in total. The summed E-state index contributed by atoms with van der Waals surface area (Å²) in [7, 11) is 5.84. The molecule has 0 aliphatic heterocycles. The van der Waals surface area contributed by atoms with Crippen LogP contribution >= 0.6 is 0 Å². The molecule has 1 aromatic rings. The van der Waals surface area contributed by atoms with Crippen LogP contribution in [0.1, 0.15) is 16.9 Å². The monoisotopic (exact) mass is 302 g/mol. The van der Waals surface area contributed by atoms with Crippen molar-refractivity contribution in [1.29, 1.82) is 0 Å². The average molecular weight is 302 g/mol. The SMILES string of the molecule is C[N+](C)(C)NCCC(=O)O.O=C([O-])c1cc(=O)[nH]c(=O)[nH]1. The van der Waals surface area contributed by atoms with Crippen LogP contribution in [0.3, 0.4) is 0 Å². The Morgan fingerprint density at radius 1 is 1.29 bits per heavy atom. The molecular formula is C11H18N4O6. The van der Waals surface area contributed by atoms with E-state index in [0.717, 1.165) is 6.07 Å². The first-order chi connectivity index (χ1) is 9.51. The Bertz CT molecular complexity index is 569. The van der Waals surface area contributed by atoms with Crippen LogP contribution in [0.15, 0.2) is 15.7 Å². The summed E-state index contributed by atoms with van der Waals surface area (Å²) in [6.07, 6.45) is 0.176. The highest BCUT2D eigenvalue weighted by atomic mass is 16.4. The van der Waals surface area contributed by atoms with E-state index in [2.05, 4.69) is 5.43 Å². The lowest BCUT2D eigenvalue weighted by atomic mass is 10.4. The van der Waals surface area contributed by atoms with E-state index in [9.17, 15) is 24.3 Å². The minimum absolute atomic E-state index is 0.176. The molecule has 0 aliphatic rings. The second-order valence-electron chi connectivity index (χ2n) is 4.85. The van der Waals surface area contributed by atoms with E-state index in [1.54, 1.807) is 0 Å². The van der Waals surface area contributed by atoms with Gasteiger partial charge in [0.2, 0.25) is 0 Å². The normalized spacial score (nSPS) is 10.4. The number of quaternary nitrogens is 1. The Hall–Kier alpha value is -2.46. The molecule has 0 spiro atoms. The van der Waals surface area contributed by atoms with Gasteiger partial charge in [-0.3, -0.25) is 19.2 Å². The van der Waals surface area contributed by atoms with E-state index >= 15 is 0 Å².